The molecule has 0 aliphatic carbocycles. The van der Waals surface area contributed by atoms with Crippen LogP contribution in [-0.2, 0) is 23.2 Å². The van der Waals surface area contributed by atoms with Crippen LogP contribution >= 0.6 is 0 Å². The van der Waals surface area contributed by atoms with Gasteiger partial charge in [-0.3, -0.25) is 4.57 Å². The number of rotatable bonds is 5. The fraction of sp³-hybridized carbons (Fsp3) is 0.222. The molecular formula is C18H15FN2O6. The third kappa shape index (κ3) is 3.86. The summed E-state index contributed by atoms with van der Waals surface area (Å²) in [5, 5.41) is 0.0735. The molecule has 9 heteroatoms. The molecule has 0 bridgehead atoms. The van der Waals surface area contributed by atoms with E-state index < -0.39 is 23.2 Å². The largest absolute Gasteiger partial charge is 0.482 e. The van der Waals surface area contributed by atoms with Crippen LogP contribution in [0.1, 0.15) is 11.1 Å². The van der Waals surface area contributed by atoms with Crippen molar-refractivity contribution in [3.63, 3.8) is 0 Å². The van der Waals surface area contributed by atoms with Crippen LogP contribution < -0.4 is 16.1 Å². The standard InChI is InChI=1S/C18H15FN2O6/c1-10-7-20-16-15(17(23)27-18(24)21(16)2)13(10)8-26-14(22)9-25-12-5-3-11(19)4-6-12/h3-7H,8-9H2,1-2H3. The third-order valence-electron chi connectivity index (χ3n) is 3.91. The fourth-order valence-electron chi connectivity index (χ4n) is 2.44. The zero-order chi connectivity index (χ0) is 19.6. The summed E-state index contributed by atoms with van der Waals surface area (Å²) in [4.78, 5) is 39.7. The number of fused-ring (bicyclic) bond motifs is 1. The molecule has 0 aliphatic rings. The van der Waals surface area contributed by atoms with E-state index in [9.17, 15) is 18.8 Å². The number of carbonyl (C=O) groups excluding carboxylic acids is 1. The van der Waals surface area contributed by atoms with E-state index in [1.165, 1.54) is 37.5 Å². The van der Waals surface area contributed by atoms with Crippen molar-refractivity contribution >= 4 is 17.0 Å². The molecule has 140 valence electrons. The summed E-state index contributed by atoms with van der Waals surface area (Å²) in [6.07, 6.45) is 1.47. The molecule has 8 nitrogen and oxygen atoms in total. The van der Waals surface area contributed by atoms with Crippen LogP contribution in [0.15, 0.2) is 44.5 Å². The lowest BCUT2D eigenvalue weighted by atomic mass is 10.1. The highest BCUT2D eigenvalue weighted by Gasteiger charge is 2.16. The minimum atomic E-state index is -0.849. The monoisotopic (exact) mass is 374 g/mol. The lowest BCUT2D eigenvalue weighted by Crippen LogP contribution is -2.25. The molecule has 0 fully saturated rings. The molecule has 3 aromatic rings. The van der Waals surface area contributed by atoms with Gasteiger partial charge in [-0.05, 0) is 36.8 Å². The van der Waals surface area contributed by atoms with Crippen molar-refractivity contribution in [2.24, 2.45) is 7.05 Å². The van der Waals surface area contributed by atoms with Crippen LogP contribution in [0.5, 0.6) is 5.75 Å². The Hall–Kier alpha value is -3.49. The van der Waals surface area contributed by atoms with E-state index in [1.54, 1.807) is 6.92 Å². The number of hydrogen-bond acceptors (Lipinski definition) is 7. The van der Waals surface area contributed by atoms with Crippen LogP contribution in [0.4, 0.5) is 4.39 Å². The van der Waals surface area contributed by atoms with E-state index in [-0.39, 0.29) is 24.2 Å². The number of hydrogen-bond donors (Lipinski definition) is 0. The van der Waals surface area contributed by atoms with Crippen molar-refractivity contribution in [2.45, 2.75) is 13.5 Å². The Kier molecular flexibility index (Phi) is 5.02. The highest BCUT2D eigenvalue weighted by Crippen LogP contribution is 2.17. The Bertz CT molecular complexity index is 1120. The number of aryl methyl sites for hydroxylation is 2. The first kappa shape index (κ1) is 18.3. The van der Waals surface area contributed by atoms with Gasteiger partial charge in [0.2, 0.25) is 0 Å². The van der Waals surface area contributed by atoms with Crippen molar-refractivity contribution in [3.05, 3.63) is 68.4 Å². The summed E-state index contributed by atoms with van der Waals surface area (Å²) in [6.45, 7) is 1.08. The van der Waals surface area contributed by atoms with Crippen molar-refractivity contribution in [1.29, 1.82) is 0 Å². The normalized spacial score (nSPS) is 10.8. The highest BCUT2D eigenvalue weighted by atomic mass is 19.1. The summed E-state index contributed by atoms with van der Waals surface area (Å²) in [5.74, 6) is -1.62. The van der Waals surface area contributed by atoms with Crippen LogP contribution in [0, 0.1) is 12.7 Å². The van der Waals surface area contributed by atoms with E-state index in [0.717, 1.165) is 4.57 Å². The zero-order valence-corrected chi connectivity index (χ0v) is 14.5. The van der Waals surface area contributed by atoms with Gasteiger partial charge in [-0.15, -0.1) is 0 Å². The minimum Gasteiger partial charge on any atom is -0.482 e. The average Bonchev–Trinajstić information content (AvgIpc) is 2.64. The number of aromatic nitrogens is 2. The third-order valence-corrected chi connectivity index (χ3v) is 3.91. The SMILES string of the molecule is Cc1cnc2c(c1COC(=O)COc1ccc(F)cc1)c(=O)oc(=O)n2C. The number of halogens is 1. The molecule has 0 saturated carbocycles. The van der Waals surface area contributed by atoms with Gasteiger partial charge < -0.3 is 13.9 Å². The number of carbonyl (C=O) groups is 1. The molecule has 2 aromatic heterocycles. The van der Waals surface area contributed by atoms with E-state index in [1.807, 2.05) is 0 Å². The first-order valence-corrected chi connectivity index (χ1v) is 7.89. The second-order valence-electron chi connectivity index (χ2n) is 5.74. The predicted molar refractivity (Wildman–Crippen MR) is 91.9 cm³/mol. The molecule has 0 saturated heterocycles. The molecule has 0 N–H and O–H groups in total. The van der Waals surface area contributed by atoms with Crippen LogP contribution in [-0.4, -0.2) is 22.1 Å². The van der Waals surface area contributed by atoms with Gasteiger partial charge in [0.05, 0.1) is 0 Å². The predicted octanol–water partition coefficient (Wildman–Crippen LogP) is 1.46. The quantitative estimate of drug-likeness (QED) is 0.623. The molecule has 0 unspecified atom stereocenters. The summed E-state index contributed by atoms with van der Waals surface area (Å²) in [7, 11) is 1.42. The Labute approximate surface area is 151 Å². The smallest absolute Gasteiger partial charge is 0.423 e. The maximum absolute atomic E-state index is 12.8. The van der Waals surface area contributed by atoms with Gasteiger partial charge in [0.25, 0.3) is 0 Å². The van der Waals surface area contributed by atoms with Gasteiger partial charge in [-0.1, -0.05) is 0 Å². The van der Waals surface area contributed by atoms with Crippen LogP contribution in [0.3, 0.4) is 0 Å². The summed E-state index contributed by atoms with van der Waals surface area (Å²) in [6, 6.07) is 5.18. The molecular weight excluding hydrogens is 359 g/mol. The Balaban J connectivity index is 1.76. The minimum absolute atomic E-state index is 0.0735. The lowest BCUT2D eigenvalue weighted by molar-refractivity contribution is -0.147. The van der Waals surface area contributed by atoms with Crippen LogP contribution in [0.2, 0.25) is 0 Å². The topological polar surface area (TPSA) is 101 Å². The van der Waals surface area contributed by atoms with E-state index >= 15 is 0 Å². The second kappa shape index (κ2) is 7.40. The van der Waals surface area contributed by atoms with Gasteiger partial charge in [-0.2, -0.15) is 0 Å². The first-order valence-electron chi connectivity index (χ1n) is 7.89. The Morgan fingerprint density at radius 1 is 1.26 bits per heavy atom. The van der Waals surface area contributed by atoms with Gasteiger partial charge in [0.1, 0.15) is 23.6 Å². The molecule has 2 heterocycles. The Morgan fingerprint density at radius 2 is 1.96 bits per heavy atom. The molecule has 1 aromatic carbocycles. The van der Waals surface area contributed by atoms with Crippen molar-refractivity contribution in [3.8, 4) is 5.75 Å². The molecule has 0 radical (unpaired) electrons. The maximum Gasteiger partial charge on any atom is 0.423 e. The van der Waals surface area contributed by atoms with E-state index in [4.69, 9.17) is 9.47 Å². The molecule has 0 atom stereocenters. The highest BCUT2D eigenvalue weighted by molar-refractivity contribution is 5.79. The zero-order valence-electron chi connectivity index (χ0n) is 14.5. The van der Waals surface area contributed by atoms with E-state index in [0.29, 0.717) is 16.9 Å². The molecule has 0 spiro atoms. The van der Waals surface area contributed by atoms with Crippen molar-refractivity contribution in [2.75, 3.05) is 6.61 Å². The van der Waals surface area contributed by atoms with Gasteiger partial charge in [-0.25, -0.2) is 23.8 Å². The Morgan fingerprint density at radius 3 is 2.67 bits per heavy atom. The van der Waals surface area contributed by atoms with Crippen LogP contribution in [0.25, 0.3) is 11.0 Å². The molecule has 0 aliphatic heterocycles. The van der Waals surface area contributed by atoms with Crippen molar-refractivity contribution < 1.29 is 23.1 Å². The number of pyridine rings is 1. The molecule has 0 amide bonds. The first-order chi connectivity index (χ1) is 12.9. The summed E-state index contributed by atoms with van der Waals surface area (Å²) >= 11 is 0. The number of esters is 1. The van der Waals surface area contributed by atoms with Crippen molar-refractivity contribution in [1.82, 2.24) is 9.55 Å². The van der Waals surface area contributed by atoms with Gasteiger partial charge in [0, 0.05) is 18.8 Å². The summed E-state index contributed by atoms with van der Waals surface area (Å²) in [5.41, 5.74) is 0.272. The second-order valence-corrected chi connectivity index (χ2v) is 5.74. The molecule has 27 heavy (non-hydrogen) atoms. The van der Waals surface area contributed by atoms with E-state index in [2.05, 4.69) is 9.40 Å². The van der Waals surface area contributed by atoms with Gasteiger partial charge >= 0.3 is 17.4 Å². The lowest BCUT2D eigenvalue weighted by Gasteiger charge is -2.11. The van der Waals surface area contributed by atoms with Gasteiger partial charge in [0.15, 0.2) is 12.3 Å². The fourth-order valence-corrected chi connectivity index (χ4v) is 2.44. The average molecular weight is 374 g/mol. The molecule has 3 rings (SSSR count). The number of nitrogens with zero attached hydrogens (tertiary/aromatic N) is 2. The maximum atomic E-state index is 12.8. The number of benzene rings is 1. The number of ether oxygens (including phenoxy) is 2. The summed E-state index contributed by atoms with van der Waals surface area (Å²) < 4.78 is 29.0.